The van der Waals surface area contributed by atoms with Crippen LogP contribution in [0.1, 0.15) is 13.3 Å². The molecule has 0 bridgehead atoms. The summed E-state index contributed by atoms with van der Waals surface area (Å²) in [6.45, 7) is 2.10. The second-order valence-corrected chi connectivity index (χ2v) is 7.47. The Bertz CT molecular complexity index is 234. The monoisotopic (exact) mass is 262 g/mol. The van der Waals surface area contributed by atoms with E-state index in [2.05, 4.69) is 0 Å². The van der Waals surface area contributed by atoms with Crippen molar-refractivity contribution >= 4 is 35.0 Å². The van der Waals surface area contributed by atoms with Gasteiger partial charge in [0.2, 0.25) is 0 Å². The minimum atomic E-state index is -2.51. The summed E-state index contributed by atoms with van der Waals surface area (Å²) in [6, 6.07) is 0.634. The summed E-state index contributed by atoms with van der Waals surface area (Å²) in [6.07, 6.45) is 0.671. The predicted molar refractivity (Wildman–Crippen MR) is 65.0 cm³/mol. The van der Waals surface area contributed by atoms with Gasteiger partial charge in [-0.2, -0.15) is 0 Å². The van der Waals surface area contributed by atoms with Crippen molar-refractivity contribution in [1.29, 1.82) is 0 Å². The number of ether oxygens (including phenoxy) is 1. The van der Waals surface area contributed by atoms with Crippen molar-refractivity contribution in [2.75, 3.05) is 27.9 Å². The average Bonchev–Trinajstić information content (AvgIpc) is 2.30. The summed E-state index contributed by atoms with van der Waals surface area (Å²) >= 11 is 1.53. The number of carbonyl (C=O) groups excluding carboxylic acids is 1. The summed E-state index contributed by atoms with van der Waals surface area (Å²) in [5.41, 5.74) is 0. The van der Waals surface area contributed by atoms with Crippen molar-refractivity contribution in [2.45, 2.75) is 19.4 Å². The van der Waals surface area contributed by atoms with Crippen molar-refractivity contribution in [3.05, 3.63) is 0 Å². The Balaban J connectivity index is 3.88. The van der Waals surface area contributed by atoms with Crippen LogP contribution < -0.4 is 0 Å². The zero-order valence-corrected chi connectivity index (χ0v) is 12.8. The molecule has 0 aliphatic carbocycles. The first kappa shape index (κ1) is 16.0. The Morgan fingerprint density at radius 3 is 2.06 bits per heavy atom. The molecule has 0 aromatic heterocycles. The van der Waals surface area contributed by atoms with Crippen molar-refractivity contribution in [3.63, 3.8) is 0 Å². The molecule has 0 rings (SSSR count). The molecule has 0 radical (unpaired) electrons. The van der Waals surface area contributed by atoms with E-state index in [1.54, 1.807) is 28.3 Å². The van der Waals surface area contributed by atoms with Gasteiger partial charge in [0.25, 0.3) is 0 Å². The van der Waals surface area contributed by atoms with Gasteiger partial charge in [-0.25, -0.2) is 0 Å². The summed E-state index contributed by atoms with van der Waals surface area (Å²) in [7, 11) is 2.18. The van der Waals surface area contributed by atoms with Crippen LogP contribution in [0.3, 0.4) is 0 Å². The van der Waals surface area contributed by atoms with Crippen molar-refractivity contribution in [1.82, 2.24) is 0 Å². The van der Waals surface area contributed by atoms with E-state index in [4.69, 9.17) is 18.0 Å². The molecule has 0 saturated carbocycles. The predicted octanol–water partition coefficient (Wildman–Crippen LogP) is -0.109. The van der Waals surface area contributed by atoms with E-state index < -0.39 is 8.80 Å². The molecule has 0 N–H and O–H groups in total. The molecule has 0 saturated heterocycles. The Kier molecular flexibility index (Phi) is 8.10. The molecule has 0 heterocycles. The number of rotatable bonds is 8. The Morgan fingerprint density at radius 2 is 1.69 bits per heavy atom. The molecule has 0 unspecified atom stereocenters. The molecular formula is C9H19AlO5Si. The minimum absolute atomic E-state index is 0.252. The molecule has 16 heavy (non-hydrogen) atoms. The zero-order chi connectivity index (χ0) is 12.6. The van der Waals surface area contributed by atoms with Crippen molar-refractivity contribution in [3.8, 4) is 0 Å². The van der Waals surface area contributed by atoms with E-state index >= 15 is 0 Å². The van der Waals surface area contributed by atoms with E-state index in [1.807, 2.05) is 0 Å². The third-order valence-corrected chi connectivity index (χ3v) is 5.26. The number of hydrogen-bond donors (Lipinski definition) is 0. The number of hydrogen-bond acceptors (Lipinski definition) is 5. The number of carbonyl (C=O) groups is 1. The molecule has 92 valence electrons. The fourth-order valence-corrected chi connectivity index (χ4v) is 2.92. The van der Waals surface area contributed by atoms with Crippen molar-refractivity contribution < 1.29 is 22.8 Å². The van der Waals surface area contributed by atoms with Gasteiger partial charge in [0.1, 0.15) is 0 Å². The molecule has 0 aliphatic heterocycles. The van der Waals surface area contributed by atoms with Crippen LogP contribution in [0, 0.1) is 0 Å². The average molecular weight is 262 g/mol. The van der Waals surface area contributed by atoms with Crippen LogP contribution >= 0.6 is 0 Å². The molecule has 0 amide bonds. The van der Waals surface area contributed by atoms with Crippen LogP contribution in [0.2, 0.25) is 6.04 Å². The molecule has 0 fully saturated rings. The van der Waals surface area contributed by atoms with E-state index in [0.717, 1.165) is 0 Å². The Hall–Kier alpha value is -0.0306. The summed E-state index contributed by atoms with van der Waals surface area (Å²) in [5.74, 6) is -0.252. The molecule has 0 aliphatic rings. The normalized spacial score (nSPS) is 11.2. The third-order valence-electron chi connectivity index (χ3n) is 2.14. The van der Waals surface area contributed by atoms with Gasteiger partial charge in [0, 0.05) is 0 Å². The van der Waals surface area contributed by atoms with Crippen LogP contribution in [0.15, 0.2) is 0 Å². The van der Waals surface area contributed by atoms with Gasteiger partial charge < -0.3 is 0 Å². The summed E-state index contributed by atoms with van der Waals surface area (Å²) < 4.78 is 21.4. The fourth-order valence-electron chi connectivity index (χ4n) is 1.13. The third kappa shape index (κ3) is 5.34. The molecule has 0 aromatic rings. The molecule has 0 atom stereocenters. The molecule has 0 aromatic carbocycles. The first-order valence-corrected chi connectivity index (χ1v) is 7.63. The maximum absolute atomic E-state index is 11.1. The topological polar surface area (TPSA) is 54.0 Å². The second kappa shape index (κ2) is 8.12. The molecule has 0 spiro atoms. The van der Waals surface area contributed by atoms with Crippen molar-refractivity contribution in [2.24, 2.45) is 0 Å². The van der Waals surface area contributed by atoms with E-state index in [-0.39, 0.29) is 5.97 Å². The van der Waals surface area contributed by atoms with Gasteiger partial charge in [0.05, 0.1) is 0 Å². The quantitative estimate of drug-likeness (QED) is 0.347. The van der Waals surface area contributed by atoms with Crippen LogP contribution in [0.5, 0.6) is 0 Å². The Labute approximate surface area is 105 Å². The molecular weight excluding hydrogens is 243 g/mol. The van der Waals surface area contributed by atoms with Gasteiger partial charge >= 0.3 is 105 Å². The van der Waals surface area contributed by atoms with Gasteiger partial charge in [-0.1, -0.05) is 0 Å². The van der Waals surface area contributed by atoms with Crippen LogP contribution in [0.4, 0.5) is 0 Å². The second-order valence-electron chi connectivity index (χ2n) is 3.32. The Morgan fingerprint density at radius 1 is 1.19 bits per heavy atom. The molecule has 5 nitrogen and oxygen atoms in total. The van der Waals surface area contributed by atoms with Gasteiger partial charge in [-0.3, -0.25) is 0 Å². The fraction of sp³-hybridized carbons (Fsp3) is 0.778. The van der Waals surface area contributed by atoms with Crippen LogP contribution in [-0.4, -0.2) is 62.9 Å². The first-order chi connectivity index (χ1) is 7.51. The van der Waals surface area contributed by atoms with Gasteiger partial charge in [-0.15, -0.1) is 0 Å². The van der Waals surface area contributed by atoms with E-state index in [9.17, 15) is 4.79 Å². The summed E-state index contributed by atoms with van der Waals surface area (Å²) in [5, 5.41) is 0. The van der Waals surface area contributed by atoms with Crippen LogP contribution in [0.25, 0.3) is 0 Å². The standard InChI is InChI=1S/C9H18O5Si.Al.H/c1-5-9(10)14-7-6-8-15(11-2,12-3)13-4;;/h6-8H2,1-4H3;;. The maximum atomic E-state index is 11.1. The van der Waals surface area contributed by atoms with Gasteiger partial charge in [-0.05, 0) is 0 Å². The van der Waals surface area contributed by atoms with E-state index in [1.165, 1.54) is 15.9 Å². The van der Waals surface area contributed by atoms with Crippen LogP contribution in [-0.2, 0) is 22.8 Å². The SMILES string of the molecule is CO[Si](CCCOC(=O)[C](C)=[AlH])(OC)OC. The summed E-state index contributed by atoms with van der Waals surface area (Å²) in [4.78, 5) is 11.1. The zero-order valence-electron chi connectivity index (χ0n) is 10.4. The first-order valence-electron chi connectivity index (χ1n) is 4.99. The number of esters is 1. The molecule has 7 heteroatoms. The van der Waals surface area contributed by atoms with Gasteiger partial charge in [0.15, 0.2) is 0 Å². The van der Waals surface area contributed by atoms with E-state index in [0.29, 0.717) is 23.5 Å².